The first kappa shape index (κ1) is 14.7. The first-order chi connectivity index (χ1) is 10.1. The van der Waals surface area contributed by atoms with Crippen molar-refractivity contribution in [1.82, 2.24) is 4.90 Å². The number of ketones is 1. The van der Waals surface area contributed by atoms with Gasteiger partial charge in [0.1, 0.15) is 0 Å². The maximum Gasteiger partial charge on any atom is 0.176 e. The molecule has 2 fully saturated rings. The summed E-state index contributed by atoms with van der Waals surface area (Å²) in [5, 5.41) is 0. The Labute approximate surface area is 127 Å². The van der Waals surface area contributed by atoms with Crippen LogP contribution in [0.25, 0.3) is 0 Å². The Morgan fingerprint density at radius 1 is 1.29 bits per heavy atom. The molecule has 2 aliphatic rings. The van der Waals surface area contributed by atoms with Gasteiger partial charge in [0.05, 0.1) is 19.3 Å². The number of rotatable bonds is 4. The molecule has 21 heavy (non-hydrogen) atoms. The van der Waals surface area contributed by atoms with Gasteiger partial charge in [0.2, 0.25) is 0 Å². The van der Waals surface area contributed by atoms with E-state index in [0.29, 0.717) is 24.6 Å². The number of hydrogen-bond donors (Lipinski definition) is 0. The molecule has 2 atom stereocenters. The van der Waals surface area contributed by atoms with Crippen LogP contribution in [0, 0.1) is 0 Å². The first-order valence-corrected chi connectivity index (χ1v) is 8.14. The lowest BCUT2D eigenvalue weighted by atomic mass is 10.00. The van der Waals surface area contributed by atoms with Crippen molar-refractivity contribution >= 4 is 5.78 Å². The van der Waals surface area contributed by atoms with Crippen molar-refractivity contribution in [3.8, 4) is 0 Å². The summed E-state index contributed by atoms with van der Waals surface area (Å²) in [5.41, 5.74) is 2.12. The summed E-state index contributed by atoms with van der Waals surface area (Å²) in [6.07, 6.45) is 3.90. The molecule has 3 rings (SSSR count). The van der Waals surface area contributed by atoms with Gasteiger partial charge < -0.3 is 4.74 Å². The fourth-order valence-corrected chi connectivity index (χ4v) is 3.53. The van der Waals surface area contributed by atoms with Crippen LogP contribution in [0.1, 0.15) is 54.9 Å². The number of nitrogens with zero attached hydrogens (tertiary/aromatic N) is 1. The highest BCUT2D eigenvalue weighted by Gasteiger charge is 2.36. The summed E-state index contributed by atoms with van der Waals surface area (Å²) in [7, 11) is 0. The van der Waals surface area contributed by atoms with Gasteiger partial charge in [0.15, 0.2) is 5.78 Å². The minimum atomic E-state index is 0.234. The average molecular weight is 287 g/mol. The molecule has 0 radical (unpaired) electrons. The monoisotopic (exact) mass is 287 g/mol. The fourth-order valence-electron chi connectivity index (χ4n) is 3.53. The first-order valence-electron chi connectivity index (χ1n) is 8.14. The lowest BCUT2D eigenvalue weighted by Gasteiger charge is -2.37. The van der Waals surface area contributed by atoms with E-state index in [2.05, 4.69) is 30.9 Å². The van der Waals surface area contributed by atoms with E-state index < -0.39 is 0 Å². The van der Waals surface area contributed by atoms with Gasteiger partial charge in [0.25, 0.3) is 0 Å². The molecule has 0 N–H and O–H groups in total. The summed E-state index contributed by atoms with van der Waals surface area (Å²) in [4.78, 5) is 14.8. The van der Waals surface area contributed by atoms with Gasteiger partial charge in [-0.2, -0.15) is 0 Å². The molecule has 2 unspecified atom stereocenters. The predicted molar refractivity (Wildman–Crippen MR) is 83.8 cm³/mol. The zero-order valence-corrected chi connectivity index (χ0v) is 13.0. The lowest BCUT2D eigenvalue weighted by Crippen LogP contribution is -2.50. The summed E-state index contributed by atoms with van der Waals surface area (Å²) >= 11 is 0. The summed E-state index contributed by atoms with van der Waals surface area (Å²) in [6.45, 7) is 6.53. The minimum absolute atomic E-state index is 0.234. The third kappa shape index (κ3) is 3.19. The maximum absolute atomic E-state index is 12.5. The van der Waals surface area contributed by atoms with Crippen LogP contribution < -0.4 is 0 Å². The number of ether oxygens (including phenoxy) is 1. The van der Waals surface area contributed by atoms with E-state index in [9.17, 15) is 4.79 Å². The number of carbonyl (C=O) groups is 1. The molecule has 1 saturated heterocycles. The van der Waals surface area contributed by atoms with Gasteiger partial charge in [-0.1, -0.05) is 38.1 Å². The van der Waals surface area contributed by atoms with Crippen LogP contribution >= 0.6 is 0 Å². The molecule has 3 heteroatoms. The normalized spacial score (nSPS) is 26.0. The van der Waals surface area contributed by atoms with Crippen LogP contribution in [-0.4, -0.2) is 42.5 Å². The molecular formula is C18H25NO2. The molecule has 0 aromatic heterocycles. The number of fused-ring (bicyclic) bond motifs is 1. The molecule has 1 aliphatic carbocycles. The van der Waals surface area contributed by atoms with Crippen molar-refractivity contribution in [3.05, 3.63) is 35.4 Å². The molecule has 114 valence electrons. The highest BCUT2D eigenvalue weighted by molar-refractivity contribution is 5.97. The van der Waals surface area contributed by atoms with Crippen LogP contribution in [0.3, 0.4) is 0 Å². The highest BCUT2D eigenvalue weighted by atomic mass is 16.5. The number of Topliss-reactive ketones (excluding diaryl/α,β-unsaturated/α-hetero) is 1. The molecule has 1 saturated carbocycles. The SMILES string of the molecule is CC(C)c1ccc(C(=O)CN2CCOC3CCCC32)cc1. The summed E-state index contributed by atoms with van der Waals surface area (Å²) in [5.74, 6) is 0.741. The van der Waals surface area contributed by atoms with E-state index in [1.807, 2.05) is 12.1 Å². The van der Waals surface area contributed by atoms with E-state index in [0.717, 1.165) is 25.1 Å². The van der Waals surface area contributed by atoms with Crippen LogP contribution in [0.15, 0.2) is 24.3 Å². The smallest absolute Gasteiger partial charge is 0.176 e. The number of carbonyl (C=O) groups excluding carboxylic acids is 1. The van der Waals surface area contributed by atoms with Crippen LogP contribution in [0.4, 0.5) is 0 Å². The second kappa shape index (κ2) is 6.29. The van der Waals surface area contributed by atoms with E-state index in [1.165, 1.54) is 18.4 Å². The van der Waals surface area contributed by atoms with Crippen LogP contribution in [-0.2, 0) is 4.74 Å². The third-order valence-electron chi connectivity index (χ3n) is 4.84. The van der Waals surface area contributed by atoms with Gasteiger partial charge in [-0.3, -0.25) is 9.69 Å². The zero-order chi connectivity index (χ0) is 14.8. The van der Waals surface area contributed by atoms with Crippen molar-refractivity contribution in [2.24, 2.45) is 0 Å². The Morgan fingerprint density at radius 3 is 2.76 bits per heavy atom. The Balaban J connectivity index is 1.65. The summed E-state index contributed by atoms with van der Waals surface area (Å²) < 4.78 is 5.81. The Morgan fingerprint density at radius 2 is 2.05 bits per heavy atom. The Hall–Kier alpha value is -1.19. The largest absolute Gasteiger partial charge is 0.375 e. The third-order valence-corrected chi connectivity index (χ3v) is 4.84. The zero-order valence-electron chi connectivity index (χ0n) is 13.0. The van der Waals surface area contributed by atoms with Crippen molar-refractivity contribution in [3.63, 3.8) is 0 Å². The Kier molecular flexibility index (Phi) is 4.41. The molecule has 0 spiro atoms. The fraction of sp³-hybridized carbons (Fsp3) is 0.611. The maximum atomic E-state index is 12.5. The summed E-state index contributed by atoms with van der Waals surface area (Å²) in [6, 6.07) is 8.57. The van der Waals surface area contributed by atoms with Crippen LogP contribution in [0.5, 0.6) is 0 Å². The van der Waals surface area contributed by atoms with Crippen molar-refractivity contribution in [1.29, 1.82) is 0 Å². The number of hydrogen-bond acceptors (Lipinski definition) is 3. The lowest BCUT2D eigenvalue weighted by molar-refractivity contribution is -0.0522. The Bertz CT molecular complexity index is 494. The molecule has 0 amide bonds. The van der Waals surface area contributed by atoms with Gasteiger partial charge >= 0.3 is 0 Å². The standard InChI is InChI=1S/C18H25NO2/c1-13(2)14-6-8-15(9-7-14)17(20)12-19-10-11-21-18-5-3-4-16(18)19/h6-9,13,16,18H,3-5,10-12H2,1-2H3. The second-order valence-corrected chi connectivity index (χ2v) is 6.58. The quantitative estimate of drug-likeness (QED) is 0.796. The predicted octanol–water partition coefficient (Wildman–Crippen LogP) is 3.25. The van der Waals surface area contributed by atoms with Crippen molar-refractivity contribution in [2.75, 3.05) is 19.7 Å². The average Bonchev–Trinajstić information content (AvgIpc) is 2.97. The number of morpholine rings is 1. The van der Waals surface area contributed by atoms with Gasteiger partial charge in [-0.25, -0.2) is 0 Å². The molecule has 1 aromatic rings. The van der Waals surface area contributed by atoms with E-state index in [-0.39, 0.29) is 5.78 Å². The molecule has 1 aliphatic heterocycles. The molecule has 3 nitrogen and oxygen atoms in total. The van der Waals surface area contributed by atoms with Crippen molar-refractivity contribution in [2.45, 2.75) is 51.2 Å². The van der Waals surface area contributed by atoms with E-state index in [1.54, 1.807) is 0 Å². The molecule has 0 bridgehead atoms. The van der Waals surface area contributed by atoms with E-state index >= 15 is 0 Å². The molecular weight excluding hydrogens is 262 g/mol. The molecule has 1 aromatic carbocycles. The topological polar surface area (TPSA) is 29.5 Å². The second-order valence-electron chi connectivity index (χ2n) is 6.58. The van der Waals surface area contributed by atoms with Gasteiger partial charge in [-0.05, 0) is 30.7 Å². The highest BCUT2D eigenvalue weighted by Crippen LogP contribution is 2.29. The van der Waals surface area contributed by atoms with Gasteiger partial charge in [0, 0.05) is 18.2 Å². The minimum Gasteiger partial charge on any atom is -0.375 e. The number of benzene rings is 1. The van der Waals surface area contributed by atoms with E-state index in [4.69, 9.17) is 4.74 Å². The molecule has 1 heterocycles. The van der Waals surface area contributed by atoms with Gasteiger partial charge in [-0.15, -0.1) is 0 Å². The van der Waals surface area contributed by atoms with Crippen LogP contribution in [0.2, 0.25) is 0 Å². The van der Waals surface area contributed by atoms with Crippen molar-refractivity contribution < 1.29 is 9.53 Å².